The van der Waals surface area contributed by atoms with Crippen molar-refractivity contribution in [3.63, 3.8) is 0 Å². The summed E-state index contributed by atoms with van der Waals surface area (Å²) in [7, 11) is 0. The molecule has 14 heavy (non-hydrogen) atoms. The molecule has 2 heteroatoms. The summed E-state index contributed by atoms with van der Waals surface area (Å²) in [5, 5.41) is 0. The Labute approximate surface area is 83.9 Å². The monoisotopic (exact) mass is 194 g/mol. The van der Waals surface area contributed by atoms with E-state index in [0.717, 1.165) is 11.1 Å². The number of benzene rings is 1. The minimum absolute atomic E-state index is 0.113. The van der Waals surface area contributed by atoms with E-state index in [0.29, 0.717) is 18.4 Å². The number of carbonyl (C=O) groups is 1. The number of aryl methyl sites for hydroxylation is 2. The molecule has 0 aliphatic heterocycles. The van der Waals surface area contributed by atoms with E-state index in [4.69, 9.17) is 0 Å². The maximum absolute atomic E-state index is 13.3. The Morgan fingerprint density at radius 1 is 1.36 bits per heavy atom. The average molecular weight is 194 g/mol. The molecule has 0 aliphatic rings. The molecule has 1 aromatic rings. The maximum atomic E-state index is 13.3. The highest BCUT2D eigenvalue weighted by atomic mass is 19.1. The zero-order valence-electron chi connectivity index (χ0n) is 8.86. The van der Waals surface area contributed by atoms with Crippen LogP contribution in [0.3, 0.4) is 0 Å². The summed E-state index contributed by atoms with van der Waals surface area (Å²) in [6, 6.07) is 3.31. The zero-order chi connectivity index (χ0) is 10.7. The Kier molecular flexibility index (Phi) is 3.39. The molecule has 0 aliphatic carbocycles. The van der Waals surface area contributed by atoms with Crippen LogP contribution in [0.2, 0.25) is 0 Å². The first kappa shape index (κ1) is 10.9. The van der Waals surface area contributed by atoms with Crippen LogP contribution in [0.1, 0.15) is 30.5 Å². The summed E-state index contributed by atoms with van der Waals surface area (Å²) in [4.78, 5) is 11.0. The predicted octanol–water partition coefficient (Wildman–Crippen LogP) is 2.83. The van der Waals surface area contributed by atoms with Crippen LogP contribution < -0.4 is 0 Å². The molecule has 76 valence electrons. The summed E-state index contributed by atoms with van der Waals surface area (Å²) in [6.07, 6.45) is 1.07. The molecule has 0 saturated heterocycles. The minimum atomic E-state index is -0.169. The molecule has 1 nitrogen and oxygen atoms in total. The Bertz CT molecular complexity index is 356. The van der Waals surface area contributed by atoms with Gasteiger partial charge in [0.1, 0.15) is 11.6 Å². The van der Waals surface area contributed by atoms with Crippen molar-refractivity contribution < 1.29 is 9.18 Å². The molecule has 0 atom stereocenters. The summed E-state index contributed by atoms with van der Waals surface area (Å²) >= 11 is 0. The SMILES string of the molecule is CCc1cc(CC(C)=O)c(C)cc1F. The van der Waals surface area contributed by atoms with Crippen LogP contribution in [-0.4, -0.2) is 5.78 Å². The predicted molar refractivity (Wildman–Crippen MR) is 54.9 cm³/mol. The normalized spacial score (nSPS) is 10.3. The summed E-state index contributed by atoms with van der Waals surface area (Å²) in [5.41, 5.74) is 2.48. The molecule has 1 aromatic carbocycles. The number of carbonyl (C=O) groups excluding carboxylic acids is 1. The van der Waals surface area contributed by atoms with E-state index in [-0.39, 0.29) is 11.6 Å². The number of halogens is 1. The number of hydrogen-bond donors (Lipinski definition) is 0. The third kappa shape index (κ3) is 2.41. The fraction of sp³-hybridized carbons (Fsp3) is 0.417. The van der Waals surface area contributed by atoms with Gasteiger partial charge in [0, 0.05) is 6.42 Å². The fourth-order valence-electron chi connectivity index (χ4n) is 1.50. The van der Waals surface area contributed by atoms with Gasteiger partial charge in [0.05, 0.1) is 0 Å². The molecule has 1 rings (SSSR count). The van der Waals surface area contributed by atoms with E-state index in [1.165, 1.54) is 6.07 Å². The Morgan fingerprint density at radius 3 is 2.50 bits per heavy atom. The number of rotatable bonds is 3. The lowest BCUT2D eigenvalue weighted by molar-refractivity contribution is -0.116. The van der Waals surface area contributed by atoms with Gasteiger partial charge in [-0.1, -0.05) is 13.0 Å². The van der Waals surface area contributed by atoms with Gasteiger partial charge >= 0.3 is 0 Å². The third-order valence-corrected chi connectivity index (χ3v) is 2.33. The topological polar surface area (TPSA) is 17.1 Å². The molecule has 0 amide bonds. The smallest absolute Gasteiger partial charge is 0.134 e. The third-order valence-electron chi connectivity index (χ3n) is 2.33. The van der Waals surface area contributed by atoms with Crippen molar-refractivity contribution in [3.8, 4) is 0 Å². The molecule has 0 heterocycles. The highest BCUT2D eigenvalue weighted by molar-refractivity contribution is 5.78. The van der Waals surface area contributed by atoms with Crippen LogP contribution in [-0.2, 0) is 17.6 Å². The number of ketones is 1. The van der Waals surface area contributed by atoms with Gasteiger partial charge in [-0.05, 0) is 43.0 Å². The van der Waals surface area contributed by atoms with Crippen LogP contribution in [0.5, 0.6) is 0 Å². The quantitative estimate of drug-likeness (QED) is 0.723. The first-order valence-corrected chi connectivity index (χ1v) is 4.82. The van der Waals surface area contributed by atoms with Gasteiger partial charge in [-0.3, -0.25) is 4.79 Å². The first-order chi connectivity index (χ1) is 6.54. The second-order valence-electron chi connectivity index (χ2n) is 3.60. The van der Waals surface area contributed by atoms with Gasteiger partial charge < -0.3 is 0 Å². The minimum Gasteiger partial charge on any atom is -0.300 e. The second-order valence-corrected chi connectivity index (χ2v) is 3.60. The molecular formula is C12H15FO. The number of Topliss-reactive ketones (excluding diaryl/α,β-unsaturated/α-hetero) is 1. The van der Waals surface area contributed by atoms with Gasteiger partial charge in [0.15, 0.2) is 0 Å². The first-order valence-electron chi connectivity index (χ1n) is 4.82. The molecule has 0 unspecified atom stereocenters. The van der Waals surface area contributed by atoms with Crippen molar-refractivity contribution in [1.29, 1.82) is 0 Å². The maximum Gasteiger partial charge on any atom is 0.134 e. The van der Waals surface area contributed by atoms with Crippen molar-refractivity contribution in [2.75, 3.05) is 0 Å². The highest BCUT2D eigenvalue weighted by Gasteiger charge is 2.07. The Morgan fingerprint density at radius 2 is 2.00 bits per heavy atom. The molecule has 0 N–H and O–H groups in total. The van der Waals surface area contributed by atoms with Crippen molar-refractivity contribution in [2.24, 2.45) is 0 Å². The Balaban J connectivity index is 3.10. The van der Waals surface area contributed by atoms with E-state index in [1.54, 1.807) is 13.0 Å². The molecule has 0 spiro atoms. The van der Waals surface area contributed by atoms with Crippen molar-refractivity contribution in [2.45, 2.75) is 33.6 Å². The summed E-state index contributed by atoms with van der Waals surface area (Å²) in [5.74, 6) is -0.0564. The molecule has 0 saturated carbocycles. The van der Waals surface area contributed by atoms with Gasteiger partial charge in [-0.15, -0.1) is 0 Å². The van der Waals surface area contributed by atoms with Gasteiger partial charge in [0.2, 0.25) is 0 Å². The summed E-state index contributed by atoms with van der Waals surface area (Å²) < 4.78 is 13.3. The van der Waals surface area contributed by atoms with Crippen molar-refractivity contribution >= 4 is 5.78 Å². The average Bonchev–Trinajstić information content (AvgIpc) is 2.09. The molecule has 0 bridgehead atoms. The van der Waals surface area contributed by atoms with E-state index in [2.05, 4.69) is 0 Å². The van der Waals surface area contributed by atoms with Crippen molar-refractivity contribution in [1.82, 2.24) is 0 Å². The van der Waals surface area contributed by atoms with Gasteiger partial charge in [0.25, 0.3) is 0 Å². The lowest BCUT2D eigenvalue weighted by Gasteiger charge is -2.07. The van der Waals surface area contributed by atoms with Crippen LogP contribution in [0, 0.1) is 12.7 Å². The molecule has 0 radical (unpaired) electrons. The van der Waals surface area contributed by atoms with Crippen molar-refractivity contribution in [3.05, 3.63) is 34.6 Å². The highest BCUT2D eigenvalue weighted by Crippen LogP contribution is 2.16. The van der Waals surface area contributed by atoms with E-state index in [9.17, 15) is 9.18 Å². The molecule has 0 aromatic heterocycles. The fourth-order valence-corrected chi connectivity index (χ4v) is 1.50. The summed E-state index contributed by atoms with van der Waals surface area (Å²) in [6.45, 7) is 5.29. The van der Waals surface area contributed by atoms with Crippen LogP contribution >= 0.6 is 0 Å². The molecule has 0 fully saturated rings. The van der Waals surface area contributed by atoms with E-state index in [1.807, 2.05) is 13.8 Å². The van der Waals surface area contributed by atoms with Gasteiger partial charge in [-0.25, -0.2) is 4.39 Å². The largest absolute Gasteiger partial charge is 0.300 e. The molecular weight excluding hydrogens is 179 g/mol. The van der Waals surface area contributed by atoms with Gasteiger partial charge in [-0.2, -0.15) is 0 Å². The van der Waals surface area contributed by atoms with E-state index < -0.39 is 0 Å². The zero-order valence-corrected chi connectivity index (χ0v) is 8.86. The number of hydrogen-bond acceptors (Lipinski definition) is 1. The lowest BCUT2D eigenvalue weighted by atomic mass is 9.99. The Hall–Kier alpha value is -1.18. The second kappa shape index (κ2) is 4.36. The standard InChI is InChI=1S/C12H15FO/c1-4-10-7-11(6-9(3)14)8(2)5-12(10)13/h5,7H,4,6H2,1-3H3. The van der Waals surface area contributed by atoms with E-state index >= 15 is 0 Å². The lowest BCUT2D eigenvalue weighted by Crippen LogP contribution is -2.01. The van der Waals surface area contributed by atoms with Crippen LogP contribution in [0.15, 0.2) is 12.1 Å². The van der Waals surface area contributed by atoms with Crippen LogP contribution in [0.25, 0.3) is 0 Å². The van der Waals surface area contributed by atoms with Crippen LogP contribution in [0.4, 0.5) is 4.39 Å².